The molecule has 4 heteroatoms. The first-order chi connectivity index (χ1) is 9.98. The predicted octanol–water partition coefficient (Wildman–Crippen LogP) is 3.37. The monoisotopic (exact) mass is 309 g/mol. The van der Waals surface area contributed by atoms with E-state index in [1.807, 2.05) is 6.07 Å². The largest absolute Gasteiger partial charge is 0.372 e. The number of benzene rings is 1. The van der Waals surface area contributed by atoms with E-state index in [1.54, 1.807) is 0 Å². The quantitative estimate of drug-likeness (QED) is 0.833. The second-order valence-corrected chi connectivity index (χ2v) is 6.82. The summed E-state index contributed by atoms with van der Waals surface area (Å²) in [6.07, 6.45) is 3.91. The molecule has 118 valence electrons. The van der Waals surface area contributed by atoms with Crippen molar-refractivity contribution in [1.82, 2.24) is 10.2 Å². The molecule has 0 amide bonds. The Morgan fingerprint density at radius 2 is 1.95 bits per heavy atom. The lowest BCUT2D eigenvalue weighted by Gasteiger charge is -2.49. The summed E-state index contributed by atoms with van der Waals surface area (Å²) in [6, 6.07) is 6.22. The van der Waals surface area contributed by atoms with Gasteiger partial charge >= 0.3 is 0 Å². The van der Waals surface area contributed by atoms with E-state index < -0.39 is 0 Å². The van der Waals surface area contributed by atoms with Gasteiger partial charge in [-0.1, -0.05) is 24.6 Å². The Balaban J connectivity index is 2.17. The number of hydrogen-bond donors (Lipinski definition) is 1. The molecule has 1 aromatic carbocycles. The van der Waals surface area contributed by atoms with E-state index >= 15 is 0 Å². The molecule has 0 saturated heterocycles. The Labute approximate surface area is 134 Å². The maximum absolute atomic E-state index is 6.22. The fraction of sp³-hybridized carbons (Fsp3) is 0.647. The normalized spacial score (nSPS) is 16.9. The van der Waals surface area contributed by atoms with Crippen LogP contribution in [0.3, 0.4) is 0 Å². The summed E-state index contributed by atoms with van der Waals surface area (Å²) in [5.41, 5.74) is 2.89. The number of nitrogens with zero attached hydrogens (tertiary/aromatic N) is 2. The highest BCUT2D eigenvalue weighted by Gasteiger charge is 2.40. The van der Waals surface area contributed by atoms with Crippen LogP contribution in [0.25, 0.3) is 0 Å². The van der Waals surface area contributed by atoms with E-state index in [0.717, 1.165) is 24.7 Å². The minimum absolute atomic E-state index is 0.326. The summed E-state index contributed by atoms with van der Waals surface area (Å²) in [5, 5.41) is 4.22. The van der Waals surface area contributed by atoms with Crippen LogP contribution < -0.4 is 10.2 Å². The van der Waals surface area contributed by atoms with E-state index in [0.29, 0.717) is 5.54 Å². The molecular formula is C17H28ClN3. The van der Waals surface area contributed by atoms with Gasteiger partial charge in [0.25, 0.3) is 0 Å². The average Bonchev–Trinajstić information content (AvgIpc) is 2.40. The lowest BCUT2D eigenvalue weighted by atomic mass is 9.75. The van der Waals surface area contributed by atoms with Crippen molar-refractivity contribution in [3.05, 3.63) is 28.8 Å². The highest BCUT2D eigenvalue weighted by molar-refractivity contribution is 6.30. The summed E-state index contributed by atoms with van der Waals surface area (Å²) in [7, 11) is 6.58. The van der Waals surface area contributed by atoms with Crippen LogP contribution in [0.4, 0.5) is 5.69 Å². The molecule has 0 heterocycles. The van der Waals surface area contributed by atoms with E-state index in [9.17, 15) is 0 Å². The number of nitrogens with one attached hydrogen (secondary N) is 1. The Hall–Kier alpha value is -0.770. The molecule has 1 aliphatic carbocycles. The second-order valence-electron chi connectivity index (χ2n) is 6.38. The van der Waals surface area contributed by atoms with Gasteiger partial charge in [0, 0.05) is 36.4 Å². The van der Waals surface area contributed by atoms with Gasteiger partial charge in [-0.25, -0.2) is 0 Å². The van der Waals surface area contributed by atoms with Crippen LogP contribution in [-0.2, 0) is 6.54 Å². The standard InChI is InChI=1S/C17H28ClN3/c1-5-19-12-14-7-8-15(18)11-16(14)21(4)13-17(20(2)3)9-6-10-17/h7-8,11,19H,5-6,9-10,12-13H2,1-4H3. The van der Waals surface area contributed by atoms with Crippen LogP contribution in [-0.4, -0.2) is 44.7 Å². The second kappa shape index (κ2) is 6.99. The molecule has 0 aliphatic heterocycles. The highest BCUT2D eigenvalue weighted by atomic mass is 35.5. The first-order valence-electron chi connectivity index (χ1n) is 7.86. The van der Waals surface area contributed by atoms with Gasteiger partial charge in [-0.2, -0.15) is 0 Å². The fourth-order valence-corrected chi connectivity index (χ4v) is 3.33. The number of halogens is 1. The smallest absolute Gasteiger partial charge is 0.0426 e. The van der Waals surface area contributed by atoms with Crippen molar-refractivity contribution in [2.24, 2.45) is 0 Å². The first kappa shape index (κ1) is 16.6. The lowest BCUT2D eigenvalue weighted by molar-refractivity contribution is 0.0683. The van der Waals surface area contributed by atoms with Crippen LogP contribution in [0.5, 0.6) is 0 Å². The fourth-order valence-electron chi connectivity index (χ4n) is 3.16. The number of rotatable bonds is 7. The van der Waals surface area contributed by atoms with Gasteiger partial charge in [0.2, 0.25) is 0 Å². The molecule has 0 spiro atoms. The zero-order valence-corrected chi connectivity index (χ0v) is 14.5. The molecule has 1 fully saturated rings. The molecule has 1 N–H and O–H groups in total. The average molecular weight is 310 g/mol. The highest BCUT2D eigenvalue weighted by Crippen LogP contribution is 2.38. The molecular weight excluding hydrogens is 282 g/mol. The first-order valence-corrected chi connectivity index (χ1v) is 8.24. The van der Waals surface area contributed by atoms with Crippen molar-refractivity contribution >= 4 is 17.3 Å². The third-order valence-electron chi connectivity index (χ3n) is 4.79. The van der Waals surface area contributed by atoms with Crippen LogP contribution in [0.15, 0.2) is 18.2 Å². The van der Waals surface area contributed by atoms with E-state index in [1.165, 1.54) is 30.5 Å². The molecule has 1 aromatic rings. The van der Waals surface area contributed by atoms with E-state index in [-0.39, 0.29) is 0 Å². The maximum atomic E-state index is 6.22. The predicted molar refractivity (Wildman–Crippen MR) is 92.4 cm³/mol. The number of hydrogen-bond acceptors (Lipinski definition) is 3. The Morgan fingerprint density at radius 3 is 2.48 bits per heavy atom. The van der Waals surface area contributed by atoms with Gasteiger partial charge in [-0.15, -0.1) is 0 Å². The molecule has 1 saturated carbocycles. The summed E-state index contributed by atoms with van der Waals surface area (Å²) in [5.74, 6) is 0. The minimum Gasteiger partial charge on any atom is -0.372 e. The van der Waals surface area contributed by atoms with Gasteiger partial charge in [0.15, 0.2) is 0 Å². The molecule has 0 unspecified atom stereocenters. The van der Waals surface area contributed by atoms with Gasteiger partial charge in [0.05, 0.1) is 0 Å². The van der Waals surface area contributed by atoms with Crippen LogP contribution in [0.2, 0.25) is 5.02 Å². The van der Waals surface area contributed by atoms with E-state index in [2.05, 4.69) is 55.3 Å². The van der Waals surface area contributed by atoms with Gasteiger partial charge in [0.1, 0.15) is 0 Å². The zero-order valence-electron chi connectivity index (χ0n) is 13.7. The molecule has 0 atom stereocenters. The molecule has 0 radical (unpaired) electrons. The van der Waals surface area contributed by atoms with E-state index in [4.69, 9.17) is 11.6 Å². The third-order valence-corrected chi connectivity index (χ3v) is 5.02. The van der Waals surface area contributed by atoms with Crippen molar-refractivity contribution in [2.75, 3.05) is 39.1 Å². The van der Waals surface area contributed by atoms with Crippen molar-refractivity contribution < 1.29 is 0 Å². The molecule has 3 nitrogen and oxygen atoms in total. The van der Waals surface area contributed by atoms with Crippen LogP contribution >= 0.6 is 11.6 Å². The number of anilines is 1. The van der Waals surface area contributed by atoms with Crippen molar-refractivity contribution in [2.45, 2.75) is 38.3 Å². The Bertz CT molecular complexity index is 469. The summed E-state index contributed by atoms with van der Waals surface area (Å²) >= 11 is 6.22. The van der Waals surface area contributed by atoms with Crippen LogP contribution in [0.1, 0.15) is 31.7 Å². The lowest BCUT2D eigenvalue weighted by Crippen LogP contribution is -2.56. The maximum Gasteiger partial charge on any atom is 0.0426 e. The topological polar surface area (TPSA) is 18.5 Å². The SMILES string of the molecule is CCNCc1ccc(Cl)cc1N(C)CC1(N(C)C)CCC1. The summed E-state index contributed by atoms with van der Waals surface area (Å²) in [6.45, 7) is 5.06. The van der Waals surface area contributed by atoms with Crippen LogP contribution in [0, 0.1) is 0 Å². The number of likely N-dealkylation sites (N-methyl/N-ethyl adjacent to an activating group) is 2. The van der Waals surface area contributed by atoms with Crippen molar-refractivity contribution in [3.63, 3.8) is 0 Å². The summed E-state index contributed by atoms with van der Waals surface area (Å²) < 4.78 is 0. The molecule has 21 heavy (non-hydrogen) atoms. The third kappa shape index (κ3) is 3.71. The molecule has 0 aromatic heterocycles. The molecule has 2 rings (SSSR count). The van der Waals surface area contributed by atoms with Gasteiger partial charge < -0.3 is 15.1 Å². The zero-order chi connectivity index (χ0) is 15.5. The Morgan fingerprint density at radius 1 is 1.24 bits per heavy atom. The Kier molecular flexibility index (Phi) is 5.53. The van der Waals surface area contributed by atoms with Crippen molar-refractivity contribution in [1.29, 1.82) is 0 Å². The van der Waals surface area contributed by atoms with Gasteiger partial charge in [-0.3, -0.25) is 0 Å². The molecule has 0 bridgehead atoms. The minimum atomic E-state index is 0.326. The van der Waals surface area contributed by atoms with Gasteiger partial charge in [-0.05, 0) is 57.6 Å². The summed E-state index contributed by atoms with van der Waals surface area (Å²) in [4.78, 5) is 4.76. The van der Waals surface area contributed by atoms with Crippen molar-refractivity contribution in [3.8, 4) is 0 Å². The molecule has 1 aliphatic rings.